The lowest BCUT2D eigenvalue weighted by Crippen LogP contribution is -2.13. The molecule has 0 aliphatic carbocycles. The van der Waals surface area contributed by atoms with Crippen molar-refractivity contribution in [3.63, 3.8) is 0 Å². The molecule has 1 atom stereocenters. The number of benzene rings is 2. The number of aliphatic hydroxyl groups is 1. The van der Waals surface area contributed by atoms with E-state index in [0.717, 1.165) is 11.1 Å². The minimum atomic E-state index is -1.14. The van der Waals surface area contributed by atoms with E-state index in [1.807, 2.05) is 25.1 Å². The maximum absolute atomic E-state index is 12.4. The first-order chi connectivity index (χ1) is 9.11. The second-order valence-corrected chi connectivity index (χ2v) is 4.50. The monoisotopic (exact) mass is 252 g/mol. The van der Waals surface area contributed by atoms with Crippen LogP contribution in [0.1, 0.15) is 34.5 Å². The fourth-order valence-corrected chi connectivity index (χ4v) is 2.00. The molecule has 1 N–H and O–H groups in total. The van der Waals surface area contributed by atoms with Crippen molar-refractivity contribution in [1.29, 1.82) is 0 Å². The summed E-state index contributed by atoms with van der Waals surface area (Å²) in [6.45, 7) is 5.71. The highest BCUT2D eigenvalue weighted by molar-refractivity contribution is 6.03. The van der Waals surface area contributed by atoms with Gasteiger partial charge in [-0.3, -0.25) is 4.79 Å². The Bertz CT molecular complexity index is 600. The van der Waals surface area contributed by atoms with Crippen LogP contribution >= 0.6 is 0 Å². The normalized spacial score (nSPS) is 11.9. The van der Waals surface area contributed by atoms with E-state index in [1.165, 1.54) is 0 Å². The molecule has 96 valence electrons. The molecule has 2 nitrogen and oxygen atoms in total. The van der Waals surface area contributed by atoms with Crippen LogP contribution in [0, 0.1) is 0 Å². The average Bonchev–Trinajstić information content (AvgIpc) is 2.46. The Labute approximate surface area is 113 Å². The van der Waals surface area contributed by atoms with Gasteiger partial charge in [-0.1, -0.05) is 66.7 Å². The minimum absolute atomic E-state index is 0.301. The number of ketones is 1. The molecule has 1 unspecified atom stereocenters. The largest absolute Gasteiger partial charge is 0.380 e. The van der Waals surface area contributed by atoms with Crippen molar-refractivity contribution < 1.29 is 9.90 Å². The van der Waals surface area contributed by atoms with Crippen LogP contribution in [0.2, 0.25) is 0 Å². The molecule has 0 aliphatic rings. The van der Waals surface area contributed by atoms with Gasteiger partial charge in [0.1, 0.15) is 6.10 Å². The first kappa shape index (κ1) is 13.2. The molecule has 2 rings (SSSR count). The van der Waals surface area contributed by atoms with Crippen molar-refractivity contribution >= 4 is 11.4 Å². The summed E-state index contributed by atoms with van der Waals surface area (Å²) in [5.41, 5.74) is 2.70. The third kappa shape index (κ3) is 2.80. The summed E-state index contributed by atoms with van der Waals surface area (Å²) in [5.74, 6) is -0.301. The van der Waals surface area contributed by atoms with Crippen LogP contribution < -0.4 is 0 Å². The third-order valence-electron chi connectivity index (χ3n) is 3.02. The van der Waals surface area contributed by atoms with Crippen molar-refractivity contribution in [2.45, 2.75) is 13.0 Å². The molecule has 2 aromatic carbocycles. The maximum Gasteiger partial charge on any atom is 0.196 e. The zero-order valence-corrected chi connectivity index (χ0v) is 10.8. The summed E-state index contributed by atoms with van der Waals surface area (Å²) in [7, 11) is 0. The second-order valence-electron chi connectivity index (χ2n) is 4.50. The van der Waals surface area contributed by atoms with Crippen LogP contribution in [0.15, 0.2) is 61.2 Å². The van der Waals surface area contributed by atoms with Gasteiger partial charge in [0.15, 0.2) is 5.78 Å². The van der Waals surface area contributed by atoms with Crippen LogP contribution in [-0.4, -0.2) is 10.9 Å². The molecule has 2 aromatic rings. The summed E-state index contributed by atoms with van der Waals surface area (Å²) in [5, 5.41) is 10.2. The van der Waals surface area contributed by atoms with Crippen molar-refractivity contribution in [2.75, 3.05) is 0 Å². The van der Waals surface area contributed by atoms with E-state index in [2.05, 4.69) is 6.58 Å². The molecule has 2 heteroatoms. The van der Waals surface area contributed by atoms with E-state index in [-0.39, 0.29) is 5.78 Å². The lowest BCUT2D eigenvalue weighted by Gasteiger charge is -2.13. The van der Waals surface area contributed by atoms with E-state index < -0.39 is 6.10 Å². The number of aliphatic hydroxyl groups excluding tert-OH is 1. The molecule has 0 spiro atoms. The zero-order valence-electron chi connectivity index (χ0n) is 10.8. The minimum Gasteiger partial charge on any atom is -0.380 e. The van der Waals surface area contributed by atoms with Crippen LogP contribution in [-0.2, 0) is 0 Å². The van der Waals surface area contributed by atoms with Crippen LogP contribution in [0.25, 0.3) is 5.57 Å². The Morgan fingerprint density at radius 2 is 1.53 bits per heavy atom. The summed E-state index contributed by atoms with van der Waals surface area (Å²) < 4.78 is 0. The molecule has 0 fully saturated rings. The van der Waals surface area contributed by atoms with Crippen LogP contribution in [0.5, 0.6) is 0 Å². The predicted octanol–water partition coefficient (Wildman–Crippen LogP) is 3.64. The summed E-state index contributed by atoms with van der Waals surface area (Å²) >= 11 is 0. The molecule has 0 aromatic heterocycles. The zero-order chi connectivity index (χ0) is 13.8. The van der Waals surface area contributed by atoms with E-state index in [1.54, 1.807) is 36.4 Å². The summed E-state index contributed by atoms with van der Waals surface area (Å²) in [4.78, 5) is 12.4. The Morgan fingerprint density at radius 1 is 1.00 bits per heavy atom. The second kappa shape index (κ2) is 5.63. The summed E-state index contributed by atoms with van der Waals surface area (Å²) in [6.07, 6.45) is -1.14. The lowest BCUT2D eigenvalue weighted by atomic mass is 9.94. The number of rotatable bonds is 4. The van der Waals surface area contributed by atoms with Gasteiger partial charge in [-0.2, -0.15) is 0 Å². The fourth-order valence-electron chi connectivity index (χ4n) is 2.00. The number of allylic oxidation sites excluding steroid dienone is 1. The van der Waals surface area contributed by atoms with Crippen molar-refractivity contribution in [2.24, 2.45) is 0 Å². The van der Waals surface area contributed by atoms with E-state index >= 15 is 0 Å². The number of carbonyl (C=O) groups excluding carboxylic acids is 1. The molecule has 0 bridgehead atoms. The number of hydrogen-bond acceptors (Lipinski definition) is 2. The first-order valence-electron chi connectivity index (χ1n) is 6.13. The van der Waals surface area contributed by atoms with Crippen molar-refractivity contribution in [3.05, 3.63) is 77.9 Å². The average molecular weight is 252 g/mol. The SMILES string of the molecule is C=C(C)c1ccccc1C(=O)C(O)c1ccccc1. The fraction of sp³-hybridized carbons (Fsp3) is 0.118. The molecule has 0 heterocycles. The Kier molecular flexibility index (Phi) is 3.93. The maximum atomic E-state index is 12.4. The summed E-state index contributed by atoms with van der Waals surface area (Å²) in [6, 6.07) is 16.1. The molecule has 0 saturated carbocycles. The first-order valence-corrected chi connectivity index (χ1v) is 6.13. The van der Waals surface area contributed by atoms with E-state index in [4.69, 9.17) is 0 Å². The van der Waals surface area contributed by atoms with Crippen molar-refractivity contribution in [1.82, 2.24) is 0 Å². The number of hydrogen-bond donors (Lipinski definition) is 1. The van der Waals surface area contributed by atoms with Gasteiger partial charge < -0.3 is 5.11 Å². The quantitative estimate of drug-likeness (QED) is 0.843. The van der Waals surface area contributed by atoms with Crippen LogP contribution in [0.3, 0.4) is 0 Å². The van der Waals surface area contributed by atoms with Gasteiger partial charge in [0.25, 0.3) is 0 Å². The molecule has 0 aliphatic heterocycles. The molecule has 0 saturated heterocycles. The highest BCUT2D eigenvalue weighted by atomic mass is 16.3. The smallest absolute Gasteiger partial charge is 0.196 e. The number of carbonyl (C=O) groups is 1. The Balaban J connectivity index is 2.38. The molecular weight excluding hydrogens is 236 g/mol. The molecular formula is C17H16O2. The topological polar surface area (TPSA) is 37.3 Å². The van der Waals surface area contributed by atoms with E-state index in [9.17, 15) is 9.90 Å². The highest BCUT2D eigenvalue weighted by Gasteiger charge is 2.21. The lowest BCUT2D eigenvalue weighted by molar-refractivity contribution is 0.0747. The highest BCUT2D eigenvalue weighted by Crippen LogP contribution is 2.23. The Morgan fingerprint density at radius 3 is 2.11 bits per heavy atom. The van der Waals surface area contributed by atoms with E-state index in [0.29, 0.717) is 11.1 Å². The molecule has 0 amide bonds. The van der Waals surface area contributed by atoms with Gasteiger partial charge >= 0.3 is 0 Å². The Hall–Kier alpha value is -2.19. The van der Waals surface area contributed by atoms with Gasteiger partial charge in [-0.25, -0.2) is 0 Å². The van der Waals surface area contributed by atoms with Gasteiger partial charge in [0.05, 0.1) is 0 Å². The van der Waals surface area contributed by atoms with Crippen molar-refractivity contribution in [3.8, 4) is 0 Å². The molecule has 19 heavy (non-hydrogen) atoms. The van der Waals surface area contributed by atoms with Gasteiger partial charge in [-0.15, -0.1) is 0 Å². The number of Topliss-reactive ketones (excluding diaryl/α,β-unsaturated/α-hetero) is 1. The predicted molar refractivity (Wildman–Crippen MR) is 76.9 cm³/mol. The standard InChI is InChI=1S/C17H16O2/c1-12(2)14-10-6-7-11-15(14)17(19)16(18)13-8-4-3-5-9-13/h3-11,16,18H,1H2,2H3. The van der Waals surface area contributed by atoms with Gasteiger partial charge in [0, 0.05) is 5.56 Å². The third-order valence-corrected chi connectivity index (χ3v) is 3.02. The van der Waals surface area contributed by atoms with Gasteiger partial charge in [0.2, 0.25) is 0 Å². The van der Waals surface area contributed by atoms with Crippen LogP contribution in [0.4, 0.5) is 0 Å². The molecule has 0 radical (unpaired) electrons. The van der Waals surface area contributed by atoms with Gasteiger partial charge in [-0.05, 0) is 18.1 Å².